The first-order valence-corrected chi connectivity index (χ1v) is 6.54. The first-order chi connectivity index (χ1) is 9.49. The average molecular weight is 272 g/mol. The summed E-state index contributed by atoms with van der Waals surface area (Å²) in [6.07, 6.45) is 2.59. The number of nitrogen functional groups attached to an aromatic ring is 1. The summed E-state index contributed by atoms with van der Waals surface area (Å²) in [6.45, 7) is 4.54. The molecule has 0 radical (unpaired) electrons. The number of hydrogen-bond donors (Lipinski definition) is 2. The molecule has 0 aliphatic heterocycles. The third kappa shape index (κ3) is 2.99. The Labute approximate surface area is 118 Å². The number of nitrogens with two attached hydrogens (primary N) is 1. The van der Waals surface area contributed by atoms with Crippen molar-refractivity contribution in [1.82, 2.24) is 9.78 Å². The normalized spacial score (nSPS) is 10.6. The van der Waals surface area contributed by atoms with Crippen LogP contribution >= 0.6 is 0 Å². The van der Waals surface area contributed by atoms with Crippen LogP contribution in [-0.2, 0) is 13.5 Å². The van der Waals surface area contributed by atoms with Crippen LogP contribution < -0.4 is 10.5 Å². The summed E-state index contributed by atoms with van der Waals surface area (Å²) in [6, 6.07) is 5.76. The fraction of sp³-hybridized carbons (Fsp3) is 0.333. The highest BCUT2D eigenvalue weighted by Gasteiger charge is 2.08. The second-order valence-corrected chi connectivity index (χ2v) is 4.90. The van der Waals surface area contributed by atoms with Crippen LogP contribution in [-0.4, -0.2) is 22.2 Å². The third-order valence-corrected chi connectivity index (χ3v) is 3.30. The second kappa shape index (κ2) is 5.77. The highest BCUT2D eigenvalue weighted by molar-refractivity contribution is 5.95. The highest BCUT2D eigenvalue weighted by atomic mass is 16.5. The number of hydrogen-bond acceptors (Lipinski definition) is 3. The molecule has 1 aromatic heterocycles. The van der Waals surface area contributed by atoms with E-state index in [2.05, 4.69) is 5.10 Å². The Morgan fingerprint density at radius 2 is 2.00 bits per heavy atom. The van der Waals surface area contributed by atoms with Gasteiger partial charge in [-0.05, 0) is 43.2 Å². The lowest BCUT2D eigenvalue weighted by Crippen LogP contribution is -2.12. The summed E-state index contributed by atoms with van der Waals surface area (Å²) < 4.78 is 7.73. The molecule has 0 atom stereocenters. The smallest absolute Gasteiger partial charge is 0.125 e. The van der Waals surface area contributed by atoms with Gasteiger partial charge in [0.2, 0.25) is 0 Å². The quantitative estimate of drug-likeness (QED) is 0.645. The lowest BCUT2D eigenvalue weighted by molar-refractivity contribution is 0.314. The zero-order valence-electron chi connectivity index (χ0n) is 12.1. The van der Waals surface area contributed by atoms with Crippen LogP contribution in [0.3, 0.4) is 0 Å². The maximum absolute atomic E-state index is 7.48. The van der Waals surface area contributed by atoms with Crippen molar-refractivity contribution < 1.29 is 4.74 Å². The second-order valence-electron chi connectivity index (χ2n) is 4.90. The molecule has 0 fully saturated rings. The number of amidine groups is 1. The van der Waals surface area contributed by atoms with Crippen molar-refractivity contribution in [2.24, 2.45) is 12.8 Å². The maximum atomic E-state index is 7.48. The average Bonchev–Trinajstić information content (AvgIpc) is 2.78. The van der Waals surface area contributed by atoms with Crippen LogP contribution in [0, 0.1) is 19.3 Å². The van der Waals surface area contributed by atoms with Gasteiger partial charge in [0.05, 0.1) is 6.61 Å². The van der Waals surface area contributed by atoms with E-state index < -0.39 is 0 Å². The lowest BCUT2D eigenvalue weighted by atomic mass is 10.1. The largest absolute Gasteiger partial charge is 0.493 e. The minimum atomic E-state index is 0.0811. The van der Waals surface area contributed by atoms with Crippen LogP contribution in [0.4, 0.5) is 0 Å². The molecule has 0 bridgehead atoms. The van der Waals surface area contributed by atoms with Crippen molar-refractivity contribution in [1.29, 1.82) is 5.41 Å². The van der Waals surface area contributed by atoms with Gasteiger partial charge in [-0.2, -0.15) is 5.10 Å². The summed E-state index contributed by atoms with van der Waals surface area (Å²) in [4.78, 5) is 0. The van der Waals surface area contributed by atoms with E-state index in [1.807, 2.05) is 43.8 Å². The first kappa shape index (κ1) is 14.1. The minimum absolute atomic E-state index is 0.0811. The Bertz CT molecular complexity index is 608. The molecule has 0 aliphatic carbocycles. The summed E-state index contributed by atoms with van der Waals surface area (Å²) in [5.41, 5.74) is 9.39. The van der Waals surface area contributed by atoms with Gasteiger partial charge < -0.3 is 10.5 Å². The summed E-state index contributed by atoms with van der Waals surface area (Å²) in [5.74, 6) is 0.954. The van der Waals surface area contributed by atoms with Crippen LogP contribution in [0.1, 0.15) is 22.4 Å². The first-order valence-electron chi connectivity index (χ1n) is 6.54. The van der Waals surface area contributed by atoms with Crippen molar-refractivity contribution in [3.8, 4) is 5.75 Å². The molecule has 2 rings (SSSR count). The standard InChI is InChI=1S/C15H20N4O/c1-10-8-12(15(16)17)9-11(2)14(10)20-7-5-13-4-6-18-19(13)3/h4,6,8-9H,5,7H2,1-3H3,(H3,16,17). The lowest BCUT2D eigenvalue weighted by Gasteiger charge is -2.13. The van der Waals surface area contributed by atoms with Gasteiger partial charge >= 0.3 is 0 Å². The van der Waals surface area contributed by atoms with E-state index in [1.165, 1.54) is 0 Å². The zero-order chi connectivity index (χ0) is 14.7. The molecular formula is C15H20N4O. The van der Waals surface area contributed by atoms with Crippen LogP contribution in [0.15, 0.2) is 24.4 Å². The topological polar surface area (TPSA) is 76.9 Å². The zero-order valence-corrected chi connectivity index (χ0v) is 12.1. The van der Waals surface area contributed by atoms with E-state index in [0.29, 0.717) is 6.61 Å². The molecule has 2 aromatic rings. The van der Waals surface area contributed by atoms with Gasteiger partial charge in [-0.15, -0.1) is 0 Å². The molecule has 5 nitrogen and oxygen atoms in total. The van der Waals surface area contributed by atoms with Gasteiger partial charge in [-0.3, -0.25) is 10.1 Å². The maximum Gasteiger partial charge on any atom is 0.125 e. The number of rotatable bonds is 5. The number of ether oxygens (including phenoxy) is 1. The van der Waals surface area contributed by atoms with Crippen molar-refractivity contribution in [3.63, 3.8) is 0 Å². The Kier molecular flexibility index (Phi) is 4.08. The van der Waals surface area contributed by atoms with Crippen LogP contribution in [0.5, 0.6) is 5.75 Å². The van der Waals surface area contributed by atoms with Crippen LogP contribution in [0.2, 0.25) is 0 Å². The molecule has 20 heavy (non-hydrogen) atoms. The Morgan fingerprint density at radius 1 is 1.35 bits per heavy atom. The number of aromatic nitrogens is 2. The van der Waals surface area contributed by atoms with Crippen molar-refractivity contribution in [2.75, 3.05) is 6.61 Å². The number of benzene rings is 1. The fourth-order valence-electron chi connectivity index (χ4n) is 2.24. The Morgan fingerprint density at radius 3 is 2.50 bits per heavy atom. The van der Waals surface area contributed by atoms with Gasteiger partial charge in [0.15, 0.2) is 0 Å². The van der Waals surface area contributed by atoms with Gasteiger partial charge in [-0.1, -0.05) is 0 Å². The molecule has 1 heterocycles. The fourth-order valence-corrected chi connectivity index (χ4v) is 2.24. The number of nitrogens with one attached hydrogen (secondary N) is 1. The summed E-state index contributed by atoms with van der Waals surface area (Å²) in [5, 5.41) is 11.6. The highest BCUT2D eigenvalue weighted by Crippen LogP contribution is 2.24. The van der Waals surface area contributed by atoms with E-state index in [-0.39, 0.29) is 5.84 Å². The molecule has 1 aromatic carbocycles. The number of nitrogens with zero attached hydrogens (tertiary/aromatic N) is 2. The van der Waals surface area contributed by atoms with E-state index in [9.17, 15) is 0 Å². The van der Waals surface area contributed by atoms with E-state index >= 15 is 0 Å². The van der Waals surface area contributed by atoms with Crippen LogP contribution in [0.25, 0.3) is 0 Å². The predicted molar refractivity (Wildman–Crippen MR) is 79.3 cm³/mol. The third-order valence-electron chi connectivity index (χ3n) is 3.30. The van der Waals surface area contributed by atoms with Gasteiger partial charge in [0, 0.05) is 30.9 Å². The Hall–Kier alpha value is -2.30. The summed E-state index contributed by atoms with van der Waals surface area (Å²) in [7, 11) is 1.92. The van der Waals surface area contributed by atoms with Gasteiger partial charge in [0.25, 0.3) is 0 Å². The molecular weight excluding hydrogens is 252 g/mol. The van der Waals surface area contributed by atoms with Crippen molar-refractivity contribution in [3.05, 3.63) is 46.8 Å². The molecule has 0 saturated heterocycles. The van der Waals surface area contributed by atoms with Gasteiger partial charge in [-0.25, -0.2) is 0 Å². The summed E-state index contributed by atoms with van der Waals surface area (Å²) >= 11 is 0. The molecule has 106 valence electrons. The SMILES string of the molecule is Cc1cc(C(=N)N)cc(C)c1OCCc1ccnn1C. The molecule has 0 spiro atoms. The van der Waals surface area contributed by atoms with Crippen molar-refractivity contribution >= 4 is 5.84 Å². The van der Waals surface area contributed by atoms with E-state index in [4.69, 9.17) is 15.9 Å². The minimum Gasteiger partial charge on any atom is -0.493 e. The molecule has 0 saturated carbocycles. The monoisotopic (exact) mass is 272 g/mol. The number of aryl methyl sites for hydroxylation is 3. The molecule has 0 unspecified atom stereocenters. The van der Waals surface area contributed by atoms with E-state index in [1.54, 1.807) is 6.20 Å². The van der Waals surface area contributed by atoms with Crippen molar-refractivity contribution in [2.45, 2.75) is 20.3 Å². The molecule has 5 heteroatoms. The van der Waals surface area contributed by atoms with E-state index in [0.717, 1.165) is 34.6 Å². The molecule has 0 aliphatic rings. The molecule has 3 N–H and O–H groups in total. The van der Waals surface area contributed by atoms with Gasteiger partial charge in [0.1, 0.15) is 11.6 Å². The molecule has 0 amide bonds. The Balaban J connectivity index is 2.06. The predicted octanol–water partition coefficient (Wildman–Crippen LogP) is 1.94.